The van der Waals surface area contributed by atoms with Crippen LogP contribution in [0.3, 0.4) is 0 Å². The van der Waals surface area contributed by atoms with Crippen LogP contribution < -0.4 is 0 Å². The van der Waals surface area contributed by atoms with E-state index in [4.69, 9.17) is 16.3 Å². The monoisotopic (exact) mass is 218 g/mol. The first kappa shape index (κ1) is 10.7. The van der Waals surface area contributed by atoms with Gasteiger partial charge in [0.25, 0.3) is 0 Å². The highest BCUT2D eigenvalue weighted by Crippen LogP contribution is 2.04. The Labute approximate surface area is 86.3 Å². The molecule has 0 saturated carbocycles. The third-order valence-corrected chi connectivity index (χ3v) is 2.32. The summed E-state index contributed by atoms with van der Waals surface area (Å²) in [5.74, 6) is 0.619. The molecule has 0 N–H and O–H groups in total. The first-order chi connectivity index (χ1) is 6.36. The maximum Gasteiger partial charge on any atom is 0.0965 e. The summed E-state index contributed by atoms with van der Waals surface area (Å²) in [6.07, 6.45) is 8.15. The second-order valence-corrected chi connectivity index (χ2v) is 3.60. The summed E-state index contributed by atoms with van der Waals surface area (Å²) >= 11 is 5.99. The highest BCUT2D eigenvalue weighted by molar-refractivity contribution is 7.67. The molecule has 0 spiro atoms. The van der Waals surface area contributed by atoms with Gasteiger partial charge in [-0.2, -0.15) is 0 Å². The van der Waals surface area contributed by atoms with E-state index in [9.17, 15) is 4.21 Å². The molecule has 0 aromatic rings. The standard InChI is InChI=1S/C9H11ClO2S/c10-6-1-7-12-8-2-4-9(13-11)5-3-8/h2-5,8H,1,6-7H2. The maximum absolute atomic E-state index is 10.4. The van der Waals surface area contributed by atoms with Crippen molar-refractivity contribution >= 4 is 27.7 Å². The van der Waals surface area contributed by atoms with Gasteiger partial charge in [0.2, 0.25) is 0 Å². The van der Waals surface area contributed by atoms with Crippen molar-refractivity contribution in [3.05, 3.63) is 24.3 Å². The van der Waals surface area contributed by atoms with Crippen LogP contribution in [0.1, 0.15) is 6.42 Å². The molecule has 0 atom stereocenters. The van der Waals surface area contributed by atoms with Crippen LogP contribution in [0.25, 0.3) is 0 Å². The lowest BCUT2D eigenvalue weighted by atomic mass is 10.2. The summed E-state index contributed by atoms with van der Waals surface area (Å²) < 4.78 is 15.8. The van der Waals surface area contributed by atoms with E-state index in [1.165, 1.54) is 0 Å². The number of hydrogen-bond donors (Lipinski definition) is 0. The molecule has 0 aromatic carbocycles. The Balaban J connectivity index is 2.32. The minimum atomic E-state index is -0.000818. The topological polar surface area (TPSA) is 26.3 Å². The molecule has 0 radical (unpaired) electrons. The summed E-state index contributed by atoms with van der Waals surface area (Å²) in [5.41, 5.74) is 0. The molecule has 0 aliphatic heterocycles. The van der Waals surface area contributed by atoms with Crippen LogP contribution in [0.15, 0.2) is 24.3 Å². The highest BCUT2D eigenvalue weighted by atomic mass is 35.5. The van der Waals surface area contributed by atoms with E-state index < -0.39 is 0 Å². The molecule has 2 nitrogen and oxygen atoms in total. The Morgan fingerprint density at radius 1 is 1.46 bits per heavy atom. The molecule has 72 valence electrons. The smallest absolute Gasteiger partial charge is 0.0965 e. The second kappa shape index (κ2) is 6.13. The molecule has 0 aromatic heterocycles. The van der Waals surface area contributed by atoms with Gasteiger partial charge in [0.15, 0.2) is 0 Å². The molecule has 1 aliphatic rings. The minimum absolute atomic E-state index is 0.000818. The summed E-state index contributed by atoms with van der Waals surface area (Å²) in [7, 11) is 0. The number of halogens is 1. The SMILES string of the molecule is O=S=C1C=CC(OCCCCl)C=C1. The number of ether oxygens (including phenoxy) is 1. The zero-order chi connectivity index (χ0) is 9.52. The van der Waals surface area contributed by atoms with Gasteiger partial charge in [-0.15, -0.1) is 11.6 Å². The fraction of sp³-hybridized carbons (Fsp3) is 0.444. The molecule has 0 heterocycles. The van der Waals surface area contributed by atoms with E-state index in [1.807, 2.05) is 12.2 Å². The predicted molar refractivity (Wildman–Crippen MR) is 56.5 cm³/mol. The molecule has 0 saturated heterocycles. The number of allylic oxidation sites excluding steroid dienone is 2. The summed E-state index contributed by atoms with van der Waals surface area (Å²) in [5, 5.41) is 0. The van der Waals surface area contributed by atoms with E-state index in [2.05, 4.69) is 0 Å². The Hall–Kier alpha value is -0.380. The Morgan fingerprint density at radius 3 is 2.69 bits per heavy atom. The predicted octanol–water partition coefficient (Wildman–Crippen LogP) is 1.51. The van der Waals surface area contributed by atoms with Crippen LogP contribution in [-0.2, 0) is 16.0 Å². The van der Waals surface area contributed by atoms with Gasteiger partial charge in [0, 0.05) is 12.5 Å². The molecular weight excluding hydrogens is 208 g/mol. The van der Waals surface area contributed by atoms with Gasteiger partial charge in [-0.05, 0) is 18.6 Å². The van der Waals surface area contributed by atoms with Gasteiger partial charge in [-0.25, -0.2) is 4.21 Å². The average Bonchev–Trinajstić information content (AvgIpc) is 2.19. The van der Waals surface area contributed by atoms with Crippen molar-refractivity contribution in [3.63, 3.8) is 0 Å². The lowest BCUT2D eigenvalue weighted by Gasteiger charge is -2.11. The van der Waals surface area contributed by atoms with Crippen molar-refractivity contribution in [3.8, 4) is 0 Å². The van der Waals surface area contributed by atoms with Crippen LogP contribution in [0.2, 0.25) is 0 Å². The fourth-order valence-electron chi connectivity index (χ4n) is 0.940. The number of hydrogen-bond acceptors (Lipinski definition) is 2. The van der Waals surface area contributed by atoms with Gasteiger partial charge in [0.05, 0.1) is 22.2 Å². The van der Waals surface area contributed by atoms with E-state index in [0.717, 1.165) is 11.3 Å². The molecule has 0 fully saturated rings. The van der Waals surface area contributed by atoms with Crippen molar-refractivity contribution in [2.45, 2.75) is 12.5 Å². The molecule has 0 amide bonds. The minimum Gasteiger partial charge on any atom is -0.370 e. The van der Waals surface area contributed by atoms with Crippen LogP contribution in [0, 0.1) is 0 Å². The number of rotatable bonds is 4. The van der Waals surface area contributed by atoms with E-state index in [0.29, 0.717) is 23.7 Å². The quantitative estimate of drug-likeness (QED) is 0.406. The zero-order valence-electron chi connectivity index (χ0n) is 7.11. The molecular formula is C9H11ClO2S. The molecule has 4 heteroatoms. The third-order valence-electron chi connectivity index (χ3n) is 1.58. The van der Waals surface area contributed by atoms with Crippen LogP contribution in [-0.4, -0.2) is 27.7 Å². The van der Waals surface area contributed by atoms with Gasteiger partial charge in [-0.3, -0.25) is 0 Å². The van der Waals surface area contributed by atoms with Gasteiger partial charge in [-0.1, -0.05) is 12.2 Å². The second-order valence-electron chi connectivity index (χ2n) is 2.58. The summed E-state index contributed by atoms with van der Waals surface area (Å²) in [4.78, 5) is 0.720. The third kappa shape index (κ3) is 3.89. The van der Waals surface area contributed by atoms with Crippen molar-refractivity contribution in [2.75, 3.05) is 12.5 Å². The van der Waals surface area contributed by atoms with Crippen LogP contribution >= 0.6 is 11.6 Å². The first-order valence-electron chi connectivity index (χ1n) is 4.07. The first-order valence-corrected chi connectivity index (χ1v) is 5.35. The van der Waals surface area contributed by atoms with E-state index >= 15 is 0 Å². The van der Waals surface area contributed by atoms with Crippen LogP contribution in [0.4, 0.5) is 0 Å². The fourth-order valence-corrected chi connectivity index (χ4v) is 1.32. The van der Waals surface area contributed by atoms with Gasteiger partial charge < -0.3 is 4.74 Å². The number of alkyl halides is 1. The van der Waals surface area contributed by atoms with Crippen molar-refractivity contribution in [2.24, 2.45) is 0 Å². The van der Waals surface area contributed by atoms with Gasteiger partial charge in [0.1, 0.15) is 0 Å². The van der Waals surface area contributed by atoms with Crippen LogP contribution in [0.5, 0.6) is 0 Å². The Kier molecular flexibility index (Phi) is 5.05. The molecule has 1 aliphatic carbocycles. The average molecular weight is 219 g/mol. The normalized spacial score (nSPS) is 20.7. The molecule has 0 unspecified atom stereocenters. The Bertz CT molecular complexity index is 251. The largest absolute Gasteiger partial charge is 0.370 e. The zero-order valence-corrected chi connectivity index (χ0v) is 8.68. The maximum atomic E-state index is 10.4. The Morgan fingerprint density at radius 2 is 2.15 bits per heavy atom. The summed E-state index contributed by atoms with van der Waals surface area (Å²) in [6.45, 7) is 0.655. The molecule has 0 bridgehead atoms. The summed E-state index contributed by atoms with van der Waals surface area (Å²) in [6, 6.07) is 0. The highest BCUT2D eigenvalue weighted by Gasteiger charge is 2.04. The van der Waals surface area contributed by atoms with Crippen molar-refractivity contribution in [1.29, 1.82) is 0 Å². The van der Waals surface area contributed by atoms with Crippen molar-refractivity contribution < 1.29 is 8.95 Å². The van der Waals surface area contributed by atoms with E-state index in [-0.39, 0.29) is 6.10 Å². The van der Waals surface area contributed by atoms with Gasteiger partial charge >= 0.3 is 0 Å². The lowest BCUT2D eigenvalue weighted by Crippen LogP contribution is -2.12. The van der Waals surface area contributed by atoms with E-state index in [1.54, 1.807) is 12.2 Å². The molecule has 1 rings (SSSR count). The lowest BCUT2D eigenvalue weighted by molar-refractivity contribution is 0.116. The molecule has 13 heavy (non-hydrogen) atoms. The van der Waals surface area contributed by atoms with Crippen molar-refractivity contribution in [1.82, 2.24) is 0 Å².